The topological polar surface area (TPSA) is 57.7 Å². The zero-order valence-electron chi connectivity index (χ0n) is 14.0. The minimum Gasteiger partial charge on any atom is -0.339 e. The van der Waals surface area contributed by atoms with Crippen LogP contribution >= 0.6 is 11.8 Å². The number of benzene rings is 1. The van der Waals surface area contributed by atoms with E-state index < -0.39 is 9.84 Å². The Morgan fingerprint density at radius 3 is 2.54 bits per heavy atom. The van der Waals surface area contributed by atoms with Gasteiger partial charge in [0.05, 0.1) is 17.3 Å². The summed E-state index contributed by atoms with van der Waals surface area (Å²) in [5.41, 5.74) is 1.20. The number of piperazine rings is 1. The van der Waals surface area contributed by atoms with Gasteiger partial charge in [-0.3, -0.25) is 9.69 Å². The van der Waals surface area contributed by atoms with E-state index in [1.165, 1.54) is 5.56 Å². The molecular weight excluding hydrogens is 344 g/mol. The fraction of sp³-hybridized carbons (Fsp3) is 0.588. The van der Waals surface area contributed by atoms with E-state index in [4.69, 9.17) is 0 Å². The van der Waals surface area contributed by atoms with Crippen molar-refractivity contribution < 1.29 is 13.2 Å². The fourth-order valence-corrected chi connectivity index (χ4v) is 6.04. The Labute approximate surface area is 148 Å². The van der Waals surface area contributed by atoms with Crippen molar-refractivity contribution in [3.8, 4) is 0 Å². The van der Waals surface area contributed by atoms with Crippen LogP contribution in [0.2, 0.25) is 0 Å². The Bertz CT molecular complexity index is 698. The van der Waals surface area contributed by atoms with E-state index in [9.17, 15) is 13.2 Å². The van der Waals surface area contributed by atoms with Crippen LogP contribution in [-0.4, -0.2) is 73.6 Å². The SMILES string of the molecule is Cc1ccccc1SCC(=O)N1CCN([C@@H]2CCS(=O)(=O)C2)CC1. The Hall–Kier alpha value is -1.05. The molecular formula is C17H24N2O3S2. The van der Waals surface area contributed by atoms with Crippen LogP contribution in [-0.2, 0) is 14.6 Å². The summed E-state index contributed by atoms with van der Waals surface area (Å²) in [5.74, 6) is 1.22. The first-order chi connectivity index (χ1) is 11.4. The lowest BCUT2D eigenvalue weighted by atomic mass is 10.2. The Morgan fingerprint density at radius 1 is 1.21 bits per heavy atom. The van der Waals surface area contributed by atoms with Crippen LogP contribution in [0, 0.1) is 6.92 Å². The van der Waals surface area contributed by atoms with Gasteiger partial charge in [-0.05, 0) is 25.0 Å². The summed E-state index contributed by atoms with van der Waals surface area (Å²) in [5, 5.41) is 0. The summed E-state index contributed by atoms with van der Waals surface area (Å²) in [4.78, 5) is 17.7. The molecule has 0 unspecified atom stereocenters. The van der Waals surface area contributed by atoms with Crippen molar-refractivity contribution in [3.05, 3.63) is 29.8 Å². The van der Waals surface area contributed by atoms with Gasteiger partial charge in [0.2, 0.25) is 5.91 Å². The molecule has 7 heteroatoms. The van der Waals surface area contributed by atoms with Crippen molar-refractivity contribution in [3.63, 3.8) is 0 Å². The molecule has 0 bridgehead atoms. The molecule has 2 fully saturated rings. The number of sulfone groups is 1. The van der Waals surface area contributed by atoms with Crippen LogP contribution < -0.4 is 0 Å². The summed E-state index contributed by atoms with van der Waals surface area (Å²) in [6.07, 6.45) is 0.736. The van der Waals surface area contributed by atoms with Crippen molar-refractivity contribution in [2.24, 2.45) is 0 Å². The lowest BCUT2D eigenvalue weighted by Gasteiger charge is -2.37. The first-order valence-electron chi connectivity index (χ1n) is 8.35. The van der Waals surface area contributed by atoms with Gasteiger partial charge in [-0.1, -0.05) is 18.2 Å². The summed E-state index contributed by atoms with van der Waals surface area (Å²) in [6, 6.07) is 8.25. The van der Waals surface area contributed by atoms with Gasteiger partial charge in [-0.25, -0.2) is 8.42 Å². The van der Waals surface area contributed by atoms with Crippen molar-refractivity contribution in [2.75, 3.05) is 43.4 Å². The molecule has 3 rings (SSSR count). The second-order valence-corrected chi connectivity index (χ2v) is 9.77. The van der Waals surface area contributed by atoms with E-state index in [0.29, 0.717) is 24.6 Å². The van der Waals surface area contributed by atoms with E-state index >= 15 is 0 Å². The smallest absolute Gasteiger partial charge is 0.233 e. The van der Waals surface area contributed by atoms with E-state index in [1.54, 1.807) is 11.8 Å². The van der Waals surface area contributed by atoms with Crippen LogP contribution in [0.25, 0.3) is 0 Å². The number of rotatable bonds is 4. The second kappa shape index (κ2) is 7.45. The van der Waals surface area contributed by atoms with Crippen LogP contribution in [0.1, 0.15) is 12.0 Å². The maximum absolute atomic E-state index is 12.4. The zero-order chi connectivity index (χ0) is 17.2. The molecule has 132 valence electrons. The Balaban J connectivity index is 1.46. The minimum atomic E-state index is -2.84. The average Bonchev–Trinajstić information content (AvgIpc) is 2.94. The molecule has 1 aromatic carbocycles. The van der Waals surface area contributed by atoms with Crippen molar-refractivity contribution >= 4 is 27.5 Å². The number of aryl methyl sites for hydroxylation is 1. The predicted molar refractivity (Wildman–Crippen MR) is 97.1 cm³/mol. The number of hydrogen-bond donors (Lipinski definition) is 0. The van der Waals surface area contributed by atoms with Crippen LogP contribution in [0.4, 0.5) is 0 Å². The van der Waals surface area contributed by atoms with Crippen LogP contribution in [0.5, 0.6) is 0 Å². The van der Waals surface area contributed by atoms with Crippen LogP contribution in [0.3, 0.4) is 0 Å². The molecule has 2 heterocycles. The molecule has 24 heavy (non-hydrogen) atoms. The third kappa shape index (κ3) is 4.32. The average molecular weight is 369 g/mol. The number of amides is 1. The fourth-order valence-electron chi connectivity index (χ4n) is 3.35. The van der Waals surface area contributed by atoms with Crippen molar-refractivity contribution in [1.29, 1.82) is 0 Å². The second-order valence-electron chi connectivity index (χ2n) is 6.53. The van der Waals surface area contributed by atoms with Gasteiger partial charge in [0.25, 0.3) is 0 Å². The number of carbonyl (C=O) groups is 1. The molecule has 1 aromatic rings. The van der Waals surface area contributed by atoms with Crippen LogP contribution in [0.15, 0.2) is 29.2 Å². The number of carbonyl (C=O) groups excluding carboxylic acids is 1. The minimum absolute atomic E-state index is 0.147. The maximum atomic E-state index is 12.4. The number of nitrogens with zero attached hydrogens (tertiary/aromatic N) is 2. The van der Waals surface area contributed by atoms with E-state index in [-0.39, 0.29) is 17.7 Å². The first-order valence-corrected chi connectivity index (χ1v) is 11.2. The summed E-state index contributed by atoms with van der Waals surface area (Å²) >= 11 is 1.59. The highest BCUT2D eigenvalue weighted by Gasteiger charge is 2.34. The molecule has 0 spiro atoms. The molecule has 2 aliphatic rings. The molecule has 1 amide bonds. The highest BCUT2D eigenvalue weighted by molar-refractivity contribution is 8.00. The summed E-state index contributed by atoms with van der Waals surface area (Å²) in [7, 11) is -2.84. The Kier molecular flexibility index (Phi) is 5.52. The molecule has 2 saturated heterocycles. The summed E-state index contributed by atoms with van der Waals surface area (Å²) < 4.78 is 23.2. The molecule has 1 atom stereocenters. The molecule has 0 aromatic heterocycles. The molecule has 0 saturated carbocycles. The van der Waals surface area contributed by atoms with Gasteiger partial charge >= 0.3 is 0 Å². The van der Waals surface area contributed by atoms with Gasteiger partial charge in [0.1, 0.15) is 0 Å². The highest BCUT2D eigenvalue weighted by Crippen LogP contribution is 2.23. The quantitative estimate of drug-likeness (QED) is 0.753. The van der Waals surface area contributed by atoms with Gasteiger partial charge in [0.15, 0.2) is 9.84 Å². The Morgan fingerprint density at radius 2 is 1.92 bits per heavy atom. The highest BCUT2D eigenvalue weighted by atomic mass is 32.2. The van der Waals surface area contributed by atoms with Crippen molar-refractivity contribution in [2.45, 2.75) is 24.3 Å². The van der Waals surface area contributed by atoms with E-state index in [0.717, 1.165) is 24.4 Å². The standard InChI is InChI=1S/C17H24N2O3S2/c1-14-4-2-3-5-16(14)23-12-17(20)19-9-7-18(8-10-19)15-6-11-24(21,22)13-15/h2-5,15H,6-13H2,1H3/t15-/m1/s1. The summed E-state index contributed by atoms with van der Waals surface area (Å²) in [6.45, 7) is 5.01. The molecule has 0 N–H and O–H groups in total. The maximum Gasteiger partial charge on any atom is 0.233 e. The van der Waals surface area contributed by atoms with Crippen molar-refractivity contribution in [1.82, 2.24) is 9.80 Å². The number of thioether (sulfide) groups is 1. The van der Waals surface area contributed by atoms with Gasteiger partial charge < -0.3 is 4.90 Å². The first kappa shape index (κ1) is 17.8. The lowest BCUT2D eigenvalue weighted by molar-refractivity contribution is -0.130. The van der Waals surface area contributed by atoms with E-state index in [2.05, 4.69) is 17.9 Å². The number of hydrogen-bond acceptors (Lipinski definition) is 5. The van der Waals surface area contributed by atoms with E-state index in [1.807, 2.05) is 23.1 Å². The monoisotopic (exact) mass is 368 g/mol. The van der Waals surface area contributed by atoms with Gasteiger partial charge in [-0.2, -0.15) is 0 Å². The zero-order valence-corrected chi connectivity index (χ0v) is 15.6. The third-order valence-electron chi connectivity index (χ3n) is 4.84. The molecule has 2 aliphatic heterocycles. The van der Waals surface area contributed by atoms with Gasteiger partial charge in [0, 0.05) is 37.1 Å². The lowest BCUT2D eigenvalue weighted by Crippen LogP contribution is -2.52. The van der Waals surface area contributed by atoms with Gasteiger partial charge in [-0.15, -0.1) is 11.8 Å². The molecule has 5 nitrogen and oxygen atoms in total. The molecule has 0 aliphatic carbocycles. The largest absolute Gasteiger partial charge is 0.339 e. The third-order valence-corrected chi connectivity index (χ3v) is 7.75. The normalized spacial score (nSPS) is 24.2. The molecule has 0 radical (unpaired) electrons. The predicted octanol–water partition coefficient (Wildman–Crippen LogP) is 1.42.